The minimum atomic E-state index is -5.60. The molecule has 0 aliphatic heterocycles. The van der Waals surface area contributed by atoms with Crippen molar-refractivity contribution in [1.29, 1.82) is 0 Å². The number of ether oxygens (including phenoxy) is 1. The molecule has 0 aromatic carbocycles. The van der Waals surface area contributed by atoms with Crippen LogP contribution in [0.3, 0.4) is 0 Å². The van der Waals surface area contributed by atoms with Crippen molar-refractivity contribution in [3.05, 3.63) is 24.2 Å². The van der Waals surface area contributed by atoms with Gasteiger partial charge in [-0.05, 0) is 6.07 Å². The van der Waals surface area contributed by atoms with Crippen LogP contribution < -0.4 is 0 Å². The van der Waals surface area contributed by atoms with Crippen LogP contribution in [0, 0.1) is 0 Å². The maximum absolute atomic E-state index is 12.6. The van der Waals surface area contributed by atoms with Crippen LogP contribution in [-0.2, 0) is 14.9 Å². The van der Waals surface area contributed by atoms with Gasteiger partial charge in [-0.15, -0.1) is 0 Å². The van der Waals surface area contributed by atoms with Gasteiger partial charge >= 0.3 is 21.3 Å². The predicted octanol–water partition coefficient (Wildman–Crippen LogP) is 0.917. The lowest BCUT2D eigenvalue weighted by Gasteiger charge is -2.12. The molecule has 0 saturated carbocycles. The summed E-state index contributed by atoms with van der Waals surface area (Å²) in [4.78, 5) is 11.0. The summed E-state index contributed by atoms with van der Waals surface area (Å²) in [5, 5.41) is -4.54. The fourth-order valence-electron chi connectivity index (χ4n) is 0.688. The van der Waals surface area contributed by atoms with Crippen molar-refractivity contribution in [1.82, 2.24) is 0 Å². The molecule has 6 nitrogen and oxygen atoms in total. The Labute approximate surface area is 88.6 Å². The van der Waals surface area contributed by atoms with E-state index in [-0.39, 0.29) is 5.56 Å². The molecule has 0 radical (unpaired) electrons. The summed E-state index contributed by atoms with van der Waals surface area (Å²) in [6, 6.07) is 1.15. The number of furan rings is 1. The van der Waals surface area contributed by atoms with Crippen molar-refractivity contribution >= 4 is 16.1 Å². The molecule has 90 valence electrons. The quantitative estimate of drug-likeness (QED) is 0.635. The van der Waals surface area contributed by atoms with Gasteiger partial charge in [0.2, 0.25) is 0 Å². The summed E-state index contributed by atoms with van der Waals surface area (Å²) in [5.74, 6) is -1.18. The number of halogens is 2. The Morgan fingerprint density at radius 2 is 2.19 bits per heavy atom. The summed E-state index contributed by atoms with van der Waals surface area (Å²) >= 11 is 0. The van der Waals surface area contributed by atoms with E-state index in [9.17, 15) is 22.0 Å². The van der Waals surface area contributed by atoms with Crippen molar-refractivity contribution in [2.75, 3.05) is 6.61 Å². The SMILES string of the molecule is O=C(OCC(F)(F)S(=O)(=O)O)c1ccoc1. The fourth-order valence-corrected chi connectivity index (χ4v) is 0.896. The second-order valence-electron chi connectivity index (χ2n) is 2.70. The third kappa shape index (κ3) is 2.76. The number of rotatable bonds is 4. The van der Waals surface area contributed by atoms with Gasteiger partial charge in [-0.3, -0.25) is 4.55 Å². The van der Waals surface area contributed by atoms with Crippen LogP contribution in [0.25, 0.3) is 0 Å². The Hall–Kier alpha value is -1.48. The Bertz CT molecular complexity index is 463. The molecule has 0 spiro atoms. The molecule has 1 heterocycles. The van der Waals surface area contributed by atoms with Gasteiger partial charge in [-0.1, -0.05) is 0 Å². The Balaban J connectivity index is 2.63. The van der Waals surface area contributed by atoms with E-state index in [1.165, 1.54) is 0 Å². The second kappa shape index (κ2) is 4.18. The van der Waals surface area contributed by atoms with E-state index in [0.29, 0.717) is 0 Å². The number of esters is 1. The lowest BCUT2D eigenvalue weighted by Crippen LogP contribution is -2.34. The van der Waals surface area contributed by atoms with E-state index in [0.717, 1.165) is 18.6 Å². The first kappa shape index (κ1) is 12.6. The van der Waals surface area contributed by atoms with Crippen LogP contribution >= 0.6 is 0 Å². The standard InChI is InChI=1S/C7H6F2O6S/c8-7(9,16(11,12)13)4-15-6(10)5-1-2-14-3-5/h1-3H,4H2,(H,11,12,13). The van der Waals surface area contributed by atoms with Crippen molar-refractivity contribution in [3.8, 4) is 0 Å². The van der Waals surface area contributed by atoms with E-state index < -0.39 is 27.9 Å². The second-order valence-corrected chi connectivity index (χ2v) is 4.25. The molecule has 1 aromatic rings. The largest absolute Gasteiger partial charge is 0.472 e. The summed E-state index contributed by atoms with van der Waals surface area (Å²) in [6.07, 6.45) is 2.05. The molecule has 1 N–H and O–H groups in total. The Morgan fingerprint density at radius 3 is 2.62 bits per heavy atom. The van der Waals surface area contributed by atoms with Crippen LogP contribution in [0.2, 0.25) is 0 Å². The summed E-state index contributed by atoms with van der Waals surface area (Å²) in [5.41, 5.74) is -0.147. The van der Waals surface area contributed by atoms with Gasteiger partial charge in [0.15, 0.2) is 6.61 Å². The number of alkyl halides is 2. The minimum absolute atomic E-state index is 0.147. The zero-order valence-electron chi connectivity index (χ0n) is 7.59. The third-order valence-electron chi connectivity index (χ3n) is 1.51. The number of hydrogen-bond donors (Lipinski definition) is 1. The van der Waals surface area contributed by atoms with Crippen molar-refractivity contribution in [3.63, 3.8) is 0 Å². The first-order valence-electron chi connectivity index (χ1n) is 3.78. The van der Waals surface area contributed by atoms with Crippen molar-refractivity contribution < 1.29 is 35.7 Å². The number of hydrogen-bond acceptors (Lipinski definition) is 5. The highest BCUT2D eigenvalue weighted by Gasteiger charge is 2.45. The number of carbonyl (C=O) groups excluding carboxylic acids is 1. The summed E-state index contributed by atoms with van der Waals surface area (Å²) in [7, 11) is -5.60. The third-order valence-corrected chi connectivity index (χ3v) is 2.38. The van der Waals surface area contributed by atoms with Crippen LogP contribution in [0.5, 0.6) is 0 Å². The van der Waals surface area contributed by atoms with E-state index in [1.807, 2.05) is 0 Å². The molecule has 0 bridgehead atoms. The fraction of sp³-hybridized carbons (Fsp3) is 0.286. The Morgan fingerprint density at radius 1 is 1.56 bits per heavy atom. The van der Waals surface area contributed by atoms with Gasteiger partial charge in [0.05, 0.1) is 11.8 Å². The number of carbonyl (C=O) groups is 1. The topological polar surface area (TPSA) is 93.8 Å². The molecular formula is C7H6F2O6S. The minimum Gasteiger partial charge on any atom is -0.472 e. The van der Waals surface area contributed by atoms with Gasteiger partial charge in [-0.25, -0.2) is 4.79 Å². The zero-order valence-corrected chi connectivity index (χ0v) is 8.41. The highest BCUT2D eigenvalue weighted by Crippen LogP contribution is 2.21. The van der Waals surface area contributed by atoms with Gasteiger partial charge in [0.25, 0.3) is 0 Å². The van der Waals surface area contributed by atoms with Crippen LogP contribution in [0.15, 0.2) is 23.0 Å². The van der Waals surface area contributed by atoms with Crippen molar-refractivity contribution in [2.45, 2.75) is 5.25 Å². The average Bonchev–Trinajstić information content (AvgIpc) is 2.65. The lowest BCUT2D eigenvalue weighted by atomic mass is 10.3. The highest BCUT2D eigenvalue weighted by molar-refractivity contribution is 7.86. The van der Waals surface area contributed by atoms with Crippen LogP contribution in [0.1, 0.15) is 10.4 Å². The van der Waals surface area contributed by atoms with Gasteiger partial charge < -0.3 is 9.15 Å². The normalized spacial score (nSPS) is 12.4. The zero-order chi connectivity index (χ0) is 12.4. The molecule has 1 aromatic heterocycles. The van der Waals surface area contributed by atoms with Gasteiger partial charge in [0.1, 0.15) is 6.26 Å². The summed E-state index contributed by atoms with van der Waals surface area (Å²) in [6.45, 7) is -1.77. The smallest absolute Gasteiger partial charge is 0.402 e. The molecule has 9 heteroatoms. The molecular weight excluding hydrogens is 250 g/mol. The summed E-state index contributed by atoms with van der Waals surface area (Å²) < 4.78 is 62.1. The van der Waals surface area contributed by atoms with Gasteiger partial charge in [0, 0.05) is 0 Å². The molecule has 0 atom stereocenters. The maximum atomic E-state index is 12.6. The lowest BCUT2D eigenvalue weighted by molar-refractivity contribution is -0.00954. The van der Waals surface area contributed by atoms with Crippen molar-refractivity contribution in [2.24, 2.45) is 0 Å². The molecule has 0 saturated heterocycles. The average molecular weight is 256 g/mol. The molecule has 0 amide bonds. The Kier molecular flexibility index (Phi) is 3.29. The van der Waals surface area contributed by atoms with Crippen LogP contribution in [0.4, 0.5) is 8.78 Å². The maximum Gasteiger partial charge on any atom is 0.402 e. The van der Waals surface area contributed by atoms with Gasteiger partial charge in [-0.2, -0.15) is 17.2 Å². The predicted molar refractivity (Wildman–Crippen MR) is 45.5 cm³/mol. The molecule has 0 aliphatic carbocycles. The van der Waals surface area contributed by atoms with E-state index in [1.54, 1.807) is 0 Å². The molecule has 0 aliphatic rings. The van der Waals surface area contributed by atoms with Crippen LogP contribution in [-0.4, -0.2) is 30.8 Å². The molecule has 16 heavy (non-hydrogen) atoms. The van der Waals surface area contributed by atoms with E-state index in [4.69, 9.17) is 4.55 Å². The molecule has 0 fully saturated rings. The molecule has 1 rings (SSSR count). The highest BCUT2D eigenvalue weighted by atomic mass is 32.2. The monoisotopic (exact) mass is 256 g/mol. The first-order chi connectivity index (χ1) is 7.24. The first-order valence-corrected chi connectivity index (χ1v) is 5.22. The molecule has 0 unspecified atom stereocenters. The van der Waals surface area contributed by atoms with E-state index >= 15 is 0 Å². The van der Waals surface area contributed by atoms with E-state index in [2.05, 4.69) is 9.15 Å².